The Bertz CT molecular complexity index is 609. The van der Waals surface area contributed by atoms with Crippen LogP contribution in [-0.4, -0.2) is 127 Å². The zero-order valence-corrected chi connectivity index (χ0v) is 24.4. The Morgan fingerprint density at radius 1 is 0.743 bits per heavy atom. The van der Waals surface area contributed by atoms with Crippen LogP contribution in [-0.2, 0) is 9.53 Å². The normalized spacial score (nSPS) is 20.8. The number of β-amino-alcohol motifs (C(OH)–C–C–N with tert-alkyl or cyclic N) is 1. The molecule has 0 aromatic carbocycles. The van der Waals surface area contributed by atoms with Crippen LogP contribution in [0.5, 0.6) is 0 Å². The summed E-state index contributed by atoms with van der Waals surface area (Å²) in [6.07, 6.45) is -0.541. The quantitative estimate of drug-likeness (QED) is 0.514. The minimum Gasteiger partial charge on any atom is -0.459 e. The van der Waals surface area contributed by atoms with Crippen LogP contribution in [0.1, 0.15) is 62.3 Å². The Kier molecular flexibility index (Phi) is 13.1. The van der Waals surface area contributed by atoms with Crippen molar-refractivity contribution in [2.45, 2.75) is 74.0 Å². The van der Waals surface area contributed by atoms with Crippen molar-refractivity contribution in [2.24, 2.45) is 16.6 Å². The molecule has 208 valence electrons. The Morgan fingerprint density at radius 3 is 1.46 bits per heavy atom. The number of aliphatic hydroxyl groups is 1. The van der Waals surface area contributed by atoms with E-state index >= 15 is 0 Å². The SMILES string of the molecule is CC(C)(C)CN1CCN(CC(=O)OC(C)(C)C)CCN(CC(O)CN)CCN(CC(C)(C)C)CC1. The molecule has 0 aromatic rings. The van der Waals surface area contributed by atoms with Gasteiger partial charge in [-0.25, -0.2) is 0 Å². The topological polar surface area (TPSA) is 85.5 Å². The molecule has 0 amide bonds. The van der Waals surface area contributed by atoms with E-state index in [0.29, 0.717) is 6.54 Å². The fraction of sp³-hybridized carbons (Fsp3) is 0.963. The van der Waals surface area contributed by atoms with E-state index in [1.807, 2.05) is 20.8 Å². The van der Waals surface area contributed by atoms with Crippen molar-refractivity contribution in [3.05, 3.63) is 0 Å². The molecule has 1 rings (SSSR count). The first kappa shape index (κ1) is 32.3. The van der Waals surface area contributed by atoms with Gasteiger partial charge in [0.05, 0.1) is 12.6 Å². The van der Waals surface area contributed by atoms with Crippen LogP contribution in [0.3, 0.4) is 0 Å². The van der Waals surface area contributed by atoms with Crippen LogP contribution in [0.25, 0.3) is 0 Å². The van der Waals surface area contributed by atoms with Crippen LogP contribution >= 0.6 is 0 Å². The minimum atomic E-state index is -0.541. The van der Waals surface area contributed by atoms with Gasteiger partial charge in [0, 0.05) is 78.5 Å². The molecular weight excluding hydrogens is 442 g/mol. The molecule has 1 fully saturated rings. The monoisotopic (exact) mass is 499 g/mol. The summed E-state index contributed by atoms with van der Waals surface area (Å²) in [5.74, 6) is -0.183. The van der Waals surface area contributed by atoms with E-state index in [9.17, 15) is 9.90 Å². The molecular formula is C27H57N5O3. The summed E-state index contributed by atoms with van der Waals surface area (Å²) in [4.78, 5) is 22.3. The Morgan fingerprint density at radius 2 is 1.11 bits per heavy atom. The van der Waals surface area contributed by atoms with Gasteiger partial charge in [-0.15, -0.1) is 0 Å². The third-order valence-electron chi connectivity index (χ3n) is 5.84. The zero-order valence-electron chi connectivity index (χ0n) is 24.4. The number of hydrogen-bond acceptors (Lipinski definition) is 8. The summed E-state index contributed by atoms with van der Waals surface area (Å²) in [5.41, 5.74) is 5.66. The summed E-state index contributed by atoms with van der Waals surface area (Å²) >= 11 is 0. The average Bonchev–Trinajstić information content (AvgIpc) is 2.66. The van der Waals surface area contributed by atoms with Gasteiger partial charge in [0.25, 0.3) is 0 Å². The summed E-state index contributed by atoms with van der Waals surface area (Å²) in [7, 11) is 0. The number of nitrogens with zero attached hydrogens (tertiary/aromatic N) is 4. The standard InChI is InChI=1S/C27H57N5O3/c1-25(2,3)21-31-14-12-29(19-23(33)18-28)10-11-30(20-24(34)35-27(7,8)9)13-15-32(17-16-31)22-26(4,5)6/h23,33H,10-22,28H2,1-9H3. The highest BCUT2D eigenvalue weighted by molar-refractivity contribution is 5.72. The summed E-state index contributed by atoms with van der Waals surface area (Å²) in [6.45, 7) is 29.7. The molecule has 3 N–H and O–H groups in total. The maximum Gasteiger partial charge on any atom is 0.320 e. The highest BCUT2D eigenvalue weighted by Gasteiger charge is 2.25. The Hall–Kier alpha value is -0.770. The van der Waals surface area contributed by atoms with E-state index in [0.717, 1.165) is 65.4 Å². The first-order chi connectivity index (χ1) is 16.0. The zero-order chi connectivity index (χ0) is 26.9. The first-order valence-electron chi connectivity index (χ1n) is 13.5. The molecule has 1 aliphatic rings. The van der Waals surface area contributed by atoms with Crippen molar-refractivity contribution in [1.82, 2.24) is 19.6 Å². The molecule has 0 aliphatic carbocycles. The molecule has 8 nitrogen and oxygen atoms in total. The third kappa shape index (κ3) is 16.6. The molecule has 35 heavy (non-hydrogen) atoms. The minimum absolute atomic E-state index is 0.183. The van der Waals surface area contributed by atoms with Gasteiger partial charge in [-0.2, -0.15) is 0 Å². The van der Waals surface area contributed by atoms with Crippen molar-refractivity contribution >= 4 is 5.97 Å². The smallest absolute Gasteiger partial charge is 0.320 e. The van der Waals surface area contributed by atoms with Gasteiger partial charge < -0.3 is 25.4 Å². The molecule has 0 aromatic heterocycles. The fourth-order valence-corrected chi connectivity index (χ4v) is 4.51. The predicted octanol–water partition coefficient (Wildman–Crippen LogP) is 1.96. The van der Waals surface area contributed by atoms with E-state index in [-0.39, 0.29) is 29.9 Å². The molecule has 0 saturated carbocycles. The van der Waals surface area contributed by atoms with Crippen molar-refractivity contribution in [2.75, 3.05) is 85.1 Å². The lowest BCUT2D eigenvalue weighted by molar-refractivity contribution is -0.156. The fourth-order valence-electron chi connectivity index (χ4n) is 4.51. The van der Waals surface area contributed by atoms with Gasteiger partial charge in [-0.05, 0) is 31.6 Å². The van der Waals surface area contributed by atoms with E-state index in [4.69, 9.17) is 10.5 Å². The van der Waals surface area contributed by atoms with Crippen molar-refractivity contribution in [3.63, 3.8) is 0 Å². The van der Waals surface area contributed by atoms with Crippen LogP contribution in [0.2, 0.25) is 0 Å². The molecule has 1 atom stereocenters. The number of carbonyl (C=O) groups is 1. The summed E-state index contributed by atoms with van der Waals surface area (Å²) in [5, 5.41) is 10.3. The lowest BCUT2D eigenvalue weighted by atomic mass is 9.95. The van der Waals surface area contributed by atoms with E-state index in [2.05, 4.69) is 61.1 Å². The number of nitrogens with two attached hydrogens (primary N) is 1. The highest BCUT2D eigenvalue weighted by atomic mass is 16.6. The number of esters is 1. The molecule has 1 aliphatic heterocycles. The van der Waals surface area contributed by atoms with E-state index in [1.54, 1.807) is 0 Å². The van der Waals surface area contributed by atoms with Gasteiger partial charge in [-0.1, -0.05) is 41.5 Å². The van der Waals surface area contributed by atoms with Crippen LogP contribution in [0, 0.1) is 10.8 Å². The second-order valence-electron chi connectivity index (χ2n) is 13.7. The van der Waals surface area contributed by atoms with Crippen LogP contribution in [0.15, 0.2) is 0 Å². The molecule has 8 heteroatoms. The molecule has 1 saturated heterocycles. The maximum absolute atomic E-state index is 12.6. The van der Waals surface area contributed by atoms with Gasteiger partial charge >= 0.3 is 5.97 Å². The molecule has 1 unspecified atom stereocenters. The van der Waals surface area contributed by atoms with Gasteiger partial charge in [0.15, 0.2) is 0 Å². The van der Waals surface area contributed by atoms with Crippen LogP contribution < -0.4 is 5.73 Å². The van der Waals surface area contributed by atoms with Gasteiger partial charge in [-0.3, -0.25) is 14.6 Å². The Balaban J connectivity index is 3.05. The van der Waals surface area contributed by atoms with Crippen molar-refractivity contribution < 1.29 is 14.6 Å². The predicted molar refractivity (Wildman–Crippen MR) is 146 cm³/mol. The lowest BCUT2D eigenvalue weighted by Crippen LogP contribution is -2.50. The Labute approximate surface area is 216 Å². The molecule has 0 bridgehead atoms. The number of rotatable bonds is 7. The largest absolute Gasteiger partial charge is 0.459 e. The van der Waals surface area contributed by atoms with Crippen molar-refractivity contribution in [1.29, 1.82) is 0 Å². The number of ether oxygens (including phenoxy) is 1. The number of hydrogen-bond donors (Lipinski definition) is 2. The average molecular weight is 500 g/mol. The lowest BCUT2D eigenvalue weighted by Gasteiger charge is -2.38. The molecule has 0 spiro atoms. The molecule has 1 heterocycles. The maximum atomic E-state index is 12.6. The second-order valence-corrected chi connectivity index (χ2v) is 13.7. The summed E-state index contributed by atoms with van der Waals surface area (Å²) in [6, 6.07) is 0. The van der Waals surface area contributed by atoms with Gasteiger partial charge in [0.1, 0.15) is 5.60 Å². The summed E-state index contributed by atoms with van der Waals surface area (Å²) < 4.78 is 5.62. The second kappa shape index (κ2) is 14.2. The van der Waals surface area contributed by atoms with Crippen molar-refractivity contribution in [3.8, 4) is 0 Å². The molecule has 0 radical (unpaired) electrons. The first-order valence-corrected chi connectivity index (χ1v) is 13.5. The van der Waals surface area contributed by atoms with E-state index in [1.165, 1.54) is 0 Å². The van der Waals surface area contributed by atoms with E-state index < -0.39 is 11.7 Å². The number of aliphatic hydroxyl groups excluding tert-OH is 1. The third-order valence-corrected chi connectivity index (χ3v) is 5.84. The van der Waals surface area contributed by atoms with Gasteiger partial charge in [0.2, 0.25) is 0 Å². The van der Waals surface area contributed by atoms with Crippen LogP contribution in [0.4, 0.5) is 0 Å². The highest BCUT2D eigenvalue weighted by Crippen LogP contribution is 2.18. The number of carbonyl (C=O) groups excluding carboxylic acids is 1.